The molecule has 0 N–H and O–H groups in total. The molecule has 1 amide bonds. The smallest absolute Gasteiger partial charge is 0.339 e. The summed E-state index contributed by atoms with van der Waals surface area (Å²) in [6.45, 7) is 1.25. The van der Waals surface area contributed by atoms with Crippen LogP contribution in [-0.2, 0) is 14.3 Å². The number of morpholine rings is 1. The van der Waals surface area contributed by atoms with Gasteiger partial charge in [-0.2, -0.15) is 0 Å². The Balaban J connectivity index is 1.49. The van der Waals surface area contributed by atoms with Gasteiger partial charge < -0.3 is 14.4 Å². The third-order valence-electron chi connectivity index (χ3n) is 5.19. The molecule has 1 aromatic rings. The Morgan fingerprint density at radius 2 is 2.04 bits per heavy atom. The van der Waals surface area contributed by atoms with E-state index in [4.69, 9.17) is 9.47 Å². The topological polar surface area (TPSA) is 55.8 Å². The lowest BCUT2D eigenvalue weighted by Crippen LogP contribution is -2.55. The van der Waals surface area contributed by atoms with E-state index in [0.717, 1.165) is 24.8 Å². The number of benzene rings is 1. The Morgan fingerprint density at radius 1 is 1.22 bits per heavy atom. The van der Waals surface area contributed by atoms with Gasteiger partial charge in [-0.1, -0.05) is 31.0 Å². The second-order valence-corrected chi connectivity index (χ2v) is 6.53. The molecule has 0 aromatic heterocycles. The third kappa shape index (κ3) is 2.63. The van der Waals surface area contributed by atoms with Gasteiger partial charge in [0.05, 0.1) is 30.7 Å². The van der Waals surface area contributed by atoms with Crippen molar-refractivity contribution >= 4 is 11.9 Å². The summed E-state index contributed by atoms with van der Waals surface area (Å²) in [5, 5.41) is 0. The van der Waals surface area contributed by atoms with Crippen LogP contribution < -0.4 is 0 Å². The fourth-order valence-corrected chi connectivity index (χ4v) is 4.05. The van der Waals surface area contributed by atoms with E-state index in [1.807, 2.05) is 23.1 Å². The second kappa shape index (κ2) is 5.96. The van der Waals surface area contributed by atoms with Gasteiger partial charge in [0.1, 0.15) is 6.10 Å². The van der Waals surface area contributed by atoms with Crippen molar-refractivity contribution in [2.24, 2.45) is 0 Å². The first-order valence-corrected chi connectivity index (χ1v) is 8.45. The van der Waals surface area contributed by atoms with Crippen LogP contribution in [0, 0.1) is 0 Å². The molecule has 1 aromatic carbocycles. The standard InChI is InChI=1S/C18H21NO4/c20-17(19-9-10-22-15-8-4-3-7-14(15)19)11-16-12-5-1-2-6-13(12)18(21)23-16/h1-2,5-6,14-16H,3-4,7-11H2/t14-,15-,16+/m0/s1. The van der Waals surface area contributed by atoms with Crippen LogP contribution in [0.2, 0.25) is 0 Å². The van der Waals surface area contributed by atoms with Crippen LogP contribution in [0.3, 0.4) is 0 Å². The Bertz CT molecular complexity index is 627. The molecule has 122 valence electrons. The van der Waals surface area contributed by atoms with E-state index in [2.05, 4.69) is 0 Å². The first kappa shape index (κ1) is 14.7. The van der Waals surface area contributed by atoms with E-state index in [-0.39, 0.29) is 30.4 Å². The average molecular weight is 315 g/mol. The van der Waals surface area contributed by atoms with Gasteiger partial charge in [0, 0.05) is 12.1 Å². The lowest BCUT2D eigenvalue weighted by atomic mass is 9.89. The van der Waals surface area contributed by atoms with Crippen LogP contribution >= 0.6 is 0 Å². The summed E-state index contributed by atoms with van der Waals surface area (Å²) in [4.78, 5) is 26.7. The predicted molar refractivity (Wildman–Crippen MR) is 82.9 cm³/mol. The number of ether oxygens (including phenoxy) is 2. The minimum Gasteiger partial charge on any atom is -0.453 e. The number of amides is 1. The molecule has 3 aliphatic rings. The summed E-state index contributed by atoms with van der Waals surface area (Å²) in [5.74, 6) is -0.254. The van der Waals surface area contributed by atoms with Gasteiger partial charge in [0.25, 0.3) is 0 Å². The Morgan fingerprint density at radius 3 is 2.96 bits per heavy atom. The predicted octanol–water partition coefficient (Wildman–Crippen LogP) is 2.46. The molecule has 2 fully saturated rings. The molecule has 0 spiro atoms. The highest BCUT2D eigenvalue weighted by molar-refractivity contribution is 5.94. The molecule has 5 nitrogen and oxygen atoms in total. The zero-order valence-electron chi connectivity index (χ0n) is 13.1. The highest BCUT2D eigenvalue weighted by atomic mass is 16.5. The SMILES string of the molecule is O=C1O[C@H](CC(=O)N2CCO[C@H]3CCCC[C@@H]32)c2ccccc21. The number of carbonyl (C=O) groups is 2. The molecule has 1 aliphatic carbocycles. The molecule has 0 radical (unpaired) electrons. The van der Waals surface area contributed by atoms with Crippen molar-refractivity contribution in [2.75, 3.05) is 13.2 Å². The van der Waals surface area contributed by atoms with Crippen LogP contribution in [0.25, 0.3) is 0 Å². The monoisotopic (exact) mass is 315 g/mol. The number of nitrogens with zero attached hydrogens (tertiary/aromatic N) is 1. The van der Waals surface area contributed by atoms with Gasteiger partial charge in [-0.3, -0.25) is 4.79 Å². The minimum absolute atomic E-state index is 0.0692. The maximum atomic E-state index is 12.8. The van der Waals surface area contributed by atoms with Crippen molar-refractivity contribution in [3.63, 3.8) is 0 Å². The Kier molecular flexibility index (Phi) is 3.81. The van der Waals surface area contributed by atoms with Crippen LogP contribution in [0.15, 0.2) is 24.3 Å². The highest BCUT2D eigenvalue weighted by Gasteiger charge is 2.39. The molecule has 3 atom stereocenters. The van der Waals surface area contributed by atoms with E-state index in [0.29, 0.717) is 18.7 Å². The van der Waals surface area contributed by atoms with E-state index in [1.54, 1.807) is 6.07 Å². The second-order valence-electron chi connectivity index (χ2n) is 6.53. The van der Waals surface area contributed by atoms with Gasteiger partial charge in [0.15, 0.2) is 0 Å². The van der Waals surface area contributed by atoms with E-state index >= 15 is 0 Å². The van der Waals surface area contributed by atoms with Crippen molar-refractivity contribution in [1.29, 1.82) is 0 Å². The lowest BCUT2D eigenvalue weighted by molar-refractivity contribution is -0.151. The van der Waals surface area contributed by atoms with Gasteiger partial charge >= 0.3 is 5.97 Å². The van der Waals surface area contributed by atoms with Crippen molar-refractivity contribution < 1.29 is 19.1 Å². The minimum atomic E-state index is -0.448. The molecule has 0 bridgehead atoms. The van der Waals surface area contributed by atoms with Crippen LogP contribution in [0.1, 0.15) is 54.1 Å². The van der Waals surface area contributed by atoms with Gasteiger partial charge in [0.2, 0.25) is 5.91 Å². The molecule has 5 heteroatoms. The first-order chi connectivity index (χ1) is 11.2. The van der Waals surface area contributed by atoms with Crippen molar-refractivity contribution in [3.05, 3.63) is 35.4 Å². The fraction of sp³-hybridized carbons (Fsp3) is 0.556. The van der Waals surface area contributed by atoms with Crippen molar-refractivity contribution in [2.45, 2.75) is 50.4 Å². The van der Waals surface area contributed by atoms with Crippen LogP contribution in [0.4, 0.5) is 0 Å². The van der Waals surface area contributed by atoms with Gasteiger partial charge in [-0.15, -0.1) is 0 Å². The number of carbonyl (C=O) groups excluding carboxylic acids is 2. The molecule has 23 heavy (non-hydrogen) atoms. The summed E-state index contributed by atoms with van der Waals surface area (Å²) >= 11 is 0. The summed E-state index contributed by atoms with van der Waals surface area (Å²) < 4.78 is 11.2. The number of hydrogen-bond acceptors (Lipinski definition) is 4. The maximum absolute atomic E-state index is 12.8. The zero-order chi connectivity index (χ0) is 15.8. The number of esters is 1. The largest absolute Gasteiger partial charge is 0.453 e. The van der Waals surface area contributed by atoms with E-state index in [1.165, 1.54) is 6.42 Å². The van der Waals surface area contributed by atoms with Gasteiger partial charge in [-0.25, -0.2) is 4.79 Å². The van der Waals surface area contributed by atoms with E-state index < -0.39 is 6.10 Å². The molecule has 2 aliphatic heterocycles. The molecule has 1 saturated carbocycles. The quantitative estimate of drug-likeness (QED) is 0.787. The van der Waals surface area contributed by atoms with Crippen molar-refractivity contribution in [3.8, 4) is 0 Å². The third-order valence-corrected chi connectivity index (χ3v) is 5.19. The number of fused-ring (bicyclic) bond motifs is 2. The van der Waals surface area contributed by atoms with E-state index in [9.17, 15) is 9.59 Å². The fourth-order valence-electron chi connectivity index (χ4n) is 4.05. The summed E-state index contributed by atoms with van der Waals surface area (Å²) in [6, 6.07) is 7.52. The van der Waals surface area contributed by atoms with Crippen LogP contribution in [-0.4, -0.2) is 42.1 Å². The molecule has 0 unspecified atom stereocenters. The van der Waals surface area contributed by atoms with Crippen molar-refractivity contribution in [1.82, 2.24) is 4.90 Å². The number of hydrogen-bond donors (Lipinski definition) is 0. The first-order valence-electron chi connectivity index (χ1n) is 8.45. The normalized spacial score (nSPS) is 29.7. The lowest BCUT2D eigenvalue weighted by Gasteiger charge is -2.44. The van der Waals surface area contributed by atoms with Crippen LogP contribution in [0.5, 0.6) is 0 Å². The highest BCUT2D eigenvalue weighted by Crippen LogP contribution is 2.35. The Hall–Kier alpha value is -1.88. The average Bonchev–Trinajstić information content (AvgIpc) is 2.91. The summed E-state index contributed by atoms with van der Waals surface area (Å²) in [7, 11) is 0. The Labute approximate surface area is 135 Å². The number of rotatable bonds is 2. The number of cyclic esters (lactones) is 1. The molecule has 4 rings (SSSR count). The summed E-state index contributed by atoms with van der Waals surface area (Å²) in [6.07, 6.45) is 4.34. The molecular weight excluding hydrogens is 294 g/mol. The maximum Gasteiger partial charge on any atom is 0.339 e. The summed E-state index contributed by atoms with van der Waals surface area (Å²) in [5.41, 5.74) is 1.42. The molecule has 2 heterocycles. The molecular formula is C18H21NO4. The van der Waals surface area contributed by atoms with Gasteiger partial charge in [-0.05, 0) is 18.9 Å². The molecule has 1 saturated heterocycles. The zero-order valence-corrected chi connectivity index (χ0v) is 13.1.